The van der Waals surface area contributed by atoms with Crippen LogP contribution in [-0.4, -0.2) is 50.0 Å². The van der Waals surface area contributed by atoms with Gasteiger partial charge in [-0.2, -0.15) is 4.98 Å². The summed E-state index contributed by atoms with van der Waals surface area (Å²) in [7, 11) is 0. The van der Waals surface area contributed by atoms with Crippen molar-refractivity contribution in [3.8, 4) is 0 Å². The van der Waals surface area contributed by atoms with Gasteiger partial charge in [-0.05, 0) is 6.42 Å². The molecular formula is C15H22N6O2S. The smallest absolute Gasteiger partial charge is 0.226 e. The molecule has 1 unspecified atom stereocenters. The van der Waals surface area contributed by atoms with Crippen LogP contribution in [0.25, 0.3) is 0 Å². The number of rotatable bonds is 6. The predicted octanol–water partition coefficient (Wildman–Crippen LogP) is 1.29. The van der Waals surface area contributed by atoms with Gasteiger partial charge >= 0.3 is 0 Å². The third-order valence-corrected chi connectivity index (χ3v) is 4.98. The Bertz CT molecular complexity index is 700. The number of nitrogen functional groups attached to an aromatic ring is 1. The van der Waals surface area contributed by atoms with Crippen LogP contribution in [0.5, 0.6) is 0 Å². The fraction of sp³-hybridized carbons (Fsp3) is 0.600. The summed E-state index contributed by atoms with van der Waals surface area (Å²) < 4.78 is 5.13. The first kappa shape index (κ1) is 16.8. The Kier molecular flexibility index (Phi) is 5.10. The number of hydrogen-bond acceptors (Lipinski definition) is 8. The Morgan fingerprint density at radius 3 is 3.04 bits per heavy atom. The first-order valence-electron chi connectivity index (χ1n) is 8.06. The second-order valence-electron chi connectivity index (χ2n) is 5.95. The van der Waals surface area contributed by atoms with E-state index in [1.54, 1.807) is 6.92 Å². The maximum atomic E-state index is 12.1. The minimum Gasteiger partial charge on any atom is -0.375 e. The van der Waals surface area contributed by atoms with Gasteiger partial charge in [-0.15, -0.1) is 11.3 Å². The highest BCUT2D eigenvalue weighted by Gasteiger charge is 2.30. The van der Waals surface area contributed by atoms with Crippen LogP contribution in [0, 0.1) is 0 Å². The molecule has 2 aromatic rings. The van der Waals surface area contributed by atoms with Crippen LogP contribution in [-0.2, 0) is 24.3 Å². The van der Waals surface area contributed by atoms with Gasteiger partial charge in [-0.1, -0.05) is 12.1 Å². The molecule has 0 spiro atoms. The van der Waals surface area contributed by atoms with Crippen molar-refractivity contribution < 1.29 is 9.32 Å². The van der Waals surface area contributed by atoms with Gasteiger partial charge in [0.1, 0.15) is 0 Å². The third-order valence-electron chi connectivity index (χ3n) is 4.17. The van der Waals surface area contributed by atoms with Crippen molar-refractivity contribution in [1.82, 2.24) is 24.9 Å². The highest BCUT2D eigenvalue weighted by atomic mass is 32.1. The first-order chi connectivity index (χ1) is 11.5. The minimum absolute atomic E-state index is 0.0340. The van der Waals surface area contributed by atoms with Crippen LogP contribution in [0.3, 0.4) is 0 Å². The van der Waals surface area contributed by atoms with E-state index in [4.69, 9.17) is 10.3 Å². The Balaban J connectivity index is 1.61. The van der Waals surface area contributed by atoms with Gasteiger partial charge in [-0.25, -0.2) is 4.98 Å². The fourth-order valence-corrected chi connectivity index (χ4v) is 3.70. The van der Waals surface area contributed by atoms with Gasteiger partial charge in [-0.3, -0.25) is 9.69 Å². The molecule has 1 aliphatic heterocycles. The molecule has 2 N–H and O–H groups in total. The Morgan fingerprint density at radius 2 is 2.42 bits per heavy atom. The van der Waals surface area contributed by atoms with Crippen LogP contribution in [0.4, 0.5) is 5.13 Å². The van der Waals surface area contributed by atoms with E-state index >= 15 is 0 Å². The van der Waals surface area contributed by atoms with Crippen molar-refractivity contribution in [3.63, 3.8) is 0 Å². The number of aromatic nitrogens is 3. The molecule has 0 saturated carbocycles. The second-order valence-corrected chi connectivity index (χ2v) is 7.09. The molecule has 0 bridgehead atoms. The van der Waals surface area contributed by atoms with E-state index in [0.29, 0.717) is 29.8 Å². The lowest BCUT2D eigenvalue weighted by Crippen LogP contribution is -2.40. The largest absolute Gasteiger partial charge is 0.375 e. The molecule has 3 heterocycles. The highest BCUT2D eigenvalue weighted by Crippen LogP contribution is 2.22. The molecule has 1 saturated heterocycles. The van der Waals surface area contributed by atoms with Gasteiger partial charge in [0.05, 0.1) is 6.54 Å². The summed E-state index contributed by atoms with van der Waals surface area (Å²) in [5.74, 6) is 1.20. The number of carbonyl (C=O) groups excluding carboxylic acids is 1. The molecule has 0 radical (unpaired) electrons. The summed E-state index contributed by atoms with van der Waals surface area (Å²) in [5.41, 5.74) is 5.68. The number of anilines is 1. The predicted molar refractivity (Wildman–Crippen MR) is 90.1 cm³/mol. The third kappa shape index (κ3) is 3.90. The molecule has 9 heteroatoms. The molecule has 130 valence electrons. The van der Waals surface area contributed by atoms with E-state index in [2.05, 4.69) is 20.0 Å². The van der Waals surface area contributed by atoms with Gasteiger partial charge < -0.3 is 15.2 Å². The minimum atomic E-state index is 0.0340. The molecule has 1 atom stereocenters. The number of aryl methyl sites for hydroxylation is 1. The number of hydrogen-bond donors (Lipinski definition) is 1. The van der Waals surface area contributed by atoms with E-state index in [1.807, 2.05) is 18.0 Å². The molecule has 0 aromatic carbocycles. The Labute approximate surface area is 144 Å². The van der Waals surface area contributed by atoms with Crippen LogP contribution in [0.2, 0.25) is 0 Å². The molecular weight excluding hydrogens is 328 g/mol. The average Bonchev–Trinajstić information content (AvgIpc) is 3.26. The maximum absolute atomic E-state index is 12.1. The van der Waals surface area contributed by atoms with Gasteiger partial charge in [0.15, 0.2) is 11.0 Å². The van der Waals surface area contributed by atoms with Crippen molar-refractivity contribution in [1.29, 1.82) is 0 Å². The lowest BCUT2D eigenvalue weighted by Gasteiger charge is -2.26. The van der Waals surface area contributed by atoms with E-state index in [9.17, 15) is 4.79 Å². The average molecular weight is 350 g/mol. The van der Waals surface area contributed by atoms with E-state index in [-0.39, 0.29) is 11.9 Å². The number of nitrogens with zero attached hydrogens (tertiary/aromatic N) is 5. The van der Waals surface area contributed by atoms with Gasteiger partial charge in [0, 0.05) is 50.1 Å². The van der Waals surface area contributed by atoms with Crippen LogP contribution in [0.15, 0.2) is 10.7 Å². The van der Waals surface area contributed by atoms with Gasteiger partial charge in [0.2, 0.25) is 11.8 Å². The van der Waals surface area contributed by atoms with E-state index < -0.39 is 0 Å². The molecule has 24 heavy (non-hydrogen) atoms. The van der Waals surface area contributed by atoms with E-state index in [0.717, 1.165) is 30.9 Å². The topological polar surface area (TPSA) is 101 Å². The van der Waals surface area contributed by atoms with Crippen molar-refractivity contribution >= 4 is 22.4 Å². The number of thiazole rings is 1. The molecule has 1 amide bonds. The molecule has 3 rings (SSSR count). The lowest BCUT2D eigenvalue weighted by atomic mass is 10.2. The molecule has 2 aromatic heterocycles. The number of carbonyl (C=O) groups is 1. The summed E-state index contributed by atoms with van der Waals surface area (Å²) >= 11 is 1.51. The molecule has 1 fully saturated rings. The number of likely N-dealkylation sites (tertiary alicyclic amines) is 1. The van der Waals surface area contributed by atoms with Crippen molar-refractivity contribution in [3.05, 3.63) is 22.8 Å². The van der Waals surface area contributed by atoms with Crippen LogP contribution in [0.1, 0.15) is 36.9 Å². The van der Waals surface area contributed by atoms with Crippen molar-refractivity contribution in [2.45, 2.75) is 45.8 Å². The normalized spacial score (nSPS) is 18.2. The summed E-state index contributed by atoms with van der Waals surface area (Å²) in [6, 6.07) is 0.163. The van der Waals surface area contributed by atoms with Crippen LogP contribution >= 0.6 is 11.3 Å². The quantitative estimate of drug-likeness (QED) is 0.837. The standard InChI is InChI=1S/C15H22N6O2S/c1-3-14-18-13(19-23-14)9-21(10(2)22)11-4-5-20(7-11)8-12-6-17-15(16)24-12/h6,11H,3-5,7-9H2,1-2H3,(H2,16,17). The summed E-state index contributed by atoms with van der Waals surface area (Å²) in [6.45, 7) is 6.53. The number of nitrogens with two attached hydrogens (primary N) is 1. The van der Waals surface area contributed by atoms with Crippen molar-refractivity contribution in [2.75, 3.05) is 18.8 Å². The zero-order chi connectivity index (χ0) is 17.1. The summed E-state index contributed by atoms with van der Waals surface area (Å²) in [4.78, 5) is 25.8. The monoisotopic (exact) mass is 350 g/mol. The SMILES string of the molecule is CCc1nc(CN(C(C)=O)C2CCN(Cc3cnc(N)s3)C2)no1. The highest BCUT2D eigenvalue weighted by molar-refractivity contribution is 7.15. The lowest BCUT2D eigenvalue weighted by molar-refractivity contribution is -0.131. The summed E-state index contributed by atoms with van der Waals surface area (Å²) in [6.07, 6.45) is 3.45. The second kappa shape index (κ2) is 7.27. The van der Waals surface area contributed by atoms with E-state index in [1.165, 1.54) is 11.3 Å². The van der Waals surface area contributed by atoms with Gasteiger partial charge in [0.25, 0.3) is 0 Å². The Hall–Kier alpha value is -2.00. The zero-order valence-electron chi connectivity index (χ0n) is 13.9. The molecule has 1 aliphatic rings. The zero-order valence-corrected chi connectivity index (χ0v) is 14.8. The van der Waals surface area contributed by atoms with Crippen LogP contribution < -0.4 is 5.73 Å². The molecule has 8 nitrogen and oxygen atoms in total. The maximum Gasteiger partial charge on any atom is 0.226 e. The Morgan fingerprint density at radius 1 is 1.58 bits per heavy atom. The van der Waals surface area contributed by atoms with Crippen molar-refractivity contribution in [2.24, 2.45) is 0 Å². The summed E-state index contributed by atoms with van der Waals surface area (Å²) in [5, 5.41) is 4.55. The molecule has 0 aliphatic carbocycles. The fourth-order valence-electron chi connectivity index (χ4n) is 2.97. The first-order valence-corrected chi connectivity index (χ1v) is 8.88. The number of amides is 1.